The topological polar surface area (TPSA) is 52.3 Å². The zero-order valence-corrected chi connectivity index (χ0v) is 14.7. The standard InChI is InChI=1S/C20H24N4O/c1-2-22-12-14-23(15-13-22)20(25)9-8-17-16-24(11-5-10-21)19-7-4-3-6-18(17)19/h3-4,6-9,16H,2,5,11-15H2,1H3. The van der Waals surface area contributed by atoms with Crippen molar-refractivity contribution in [3.63, 3.8) is 0 Å². The van der Waals surface area contributed by atoms with Crippen molar-refractivity contribution in [3.8, 4) is 6.07 Å². The van der Waals surface area contributed by atoms with Gasteiger partial charge in [-0.3, -0.25) is 4.79 Å². The summed E-state index contributed by atoms with van der Waals surface area (Å²) in [6.07, 6.45) is 6.08. The lowest BCUT2D eigenvalue weighted by atomic mass is 10.1. The molecule has 5 heteroatoms. The van der Waals surface area contributed by atoms with Gasteiger partial charge in [-0.15, -0.1) is 0 Å². The van der Waals surface area contributed by atoms with Gasteiger partial charge in [0.25, 0.3) is 0 Å². The predicted octanol–water partition coefficient (Wildman–Crippen LogP) is 2.73. The Labute approximate surface area is 148 Å². The largest absolute Gasteiger partial charge is 0.346 e. The highest BCUT2D eigenvalue weighted by molar-refractivity contribution is 5.96. The average molecular weight is 336 g/mol. The van der Waals surface area contributed by atoms with E-state index in [2.05, 4.69) is 34.6 Å². The summed E-state index contributed by atoms with van der Waals surface area (Å²) >= 11 is 0. The maximum absolute atomic E-state index is 12.5. The lowest BCUT2D eigenvalue weighted by Crippen LogP contribution is -2.48. The number of benzene rings is 1. The number of para-hydroxylation sites is 1. The Kier molecular flexibility index (Phi) is 5.52. The Morgan fingerprint density at radius 1 is 1.24 bits per heavy atom. The Hall–Kier alpha value is -2.58. The molecule has 1 aromatic heterocycles. The van der Waals surface area contributed by atoms with Crippen LogP contribution < -0.4 is 0 Å². The first-order valence-corrected chi connectivity index (χ1v) is 8.87. The highest BCUT2D eigenvalue weighted by Crippen LogP contribution is 2.23. The van der Waals surface area contributed by atoms with Gasteiger partial charge in [-0.05, 0) is 18.7 Å². The molecule has 2 heterocycles. The van der Waals surface area contributed by atoms with Crippen LogP contribution in [-0.2, 0) is 11.3 Å². The van der Waals surface area contributed by atoms with Gasteiger partial charge in [0.15, 0.2) is 0 Å². The summed E-state index contributed by atoms with van der Waals surface area (Å²) in [5.74, 6) is 0.0737. The van der Waals surface area contributed by atoms with E-state index in [0.29, 0.717) is 13.0 Å². The van der Waals surface area contributed by atoms with Crippen LogP contribution in [0.3, 0.4) is 0 Å². The van der Waals surface area contributed by atoms with Crippen molar-refractivity contribution >= 4 is 22.9 Å². The van der Waals surface area contributed by atoms with Gasteiger partial charge in [0.2, 0.25) is 5.91 Å². The Bertz CT molecular complexity index is 807. The van der Waals surface area contributed by atoms with Crippen LogP contribution in [0.25, 0.3) is 17.0 Å². The average Bonchev–Trinajstić information content (AvgIpc) is 3.02. The smallest absolute Gasteiger partial charge is 0.246 e. The van der Waals surface area contributed by atoms with Crippen molar-refractivity contribution in [2.45, 2.75) is 19.9 Å². The van der Waals surface area contributed by atoms with E-state index in [1.54, 1.807) is 6.08 Å². The van der Waals surface area contributed by atoms with Crippen LogP contribution in [-0.4, -0.2) is 53.0 Å². The Balaban J connectivity index is 1.75. The maximum atomic E-state index is 12.5. The molecular formula is C20H24N4O. The number of hydrogen-bond acceptors (Lipinski definition) is 3. The summed E-state index contributed by atoms with van der Waals surface area (Å²) in [4.78, 5) is 16.7. The van der Waals surface area contributed by atoms with Crippen molar-refractivity contribution in [1.29, 1.82) is 5.26 Å². The van der Waals surface area contributed by atoms with Gasteiger partial charge in [-0.25, -0.2) is 0 Å². The minimum absolute atomic E-state index is 0.0737. The molecule has 1 aromatic carbocycles. The summed E-state index contributed by atoms with van der Waals surface area (Å²) < 4.78 is 2.09. The summed E-state index contributed by atoms with van der Waals surface area (Å²) in [5.41, 5.74) is 2.12. The highest BCUT2D eigenvalue weighted by Gasteiger charge is 2.18. The molecule has 1 saturated heterocycles. The molecular weight excluding hydrogens is 312 g/mol. The lowest BCUT2D eigenvalue weighted by molar-refractivity contribution is -0.127. The molecule has 0 radical (unpaired) electrons. The van der Waals surface area contributed by atoms with Crippen molar-refractivity contribution in [1.82, 2.24) is 14.4 Å². The molecule has 25 heavy (non-hydrogen) atoms. The summed E-state index contributed by atoms with van der Waals surface area (Å²) in [6.45, 7) is 7.34. The van der Waals surface area contributed by atoms with Crippen molar-refractivity contribution in [2.75, 3.05) is 32.7 Å². The molecule has 0 atom stereocenters. The number of nitriles is 1. The summed E-state index contributed by atoms with van der Waals surface area (Å²) in [5, 5.41) is 9.94. The van der Waals surface area contributed by atoms with E-state index in [9.17, 15) is 4.79 Å². The number of rotatable bonds is 5. The zero-order valence-electron chi connectivity index (χ0n) is 14.7. The third kappa shape index (κ3) is 3.92. The van der Waals surface area contributed by atoms with Crippen molar-refractivity contribution in [2.24, 2.45) is 0 Å². The van der Waals surface area contributed by atoms with Crippen LogP contribution in [0.1, 0.15) is 18.9 Å². The monoisotopic (exact) mass is 336 g/mol. The second-order valence-corrected chi connectivity index (χ2v) is 6.30. The van der Waals surface area contributed by atoms with E-state index in [-0.39, 0.29) is 5.91 Å². The number of carbonyl (C=O) groups is 1. The highest BCUT2D eigenvalue weighted by atomic mass is 16.2. The van der Waals surface area contributed by atoms with E-state index < -0.39 is 0 Å². The van der Waals surface area contributed by atoms with E-state index in [1.807, 2.05) is 29.3 Å². The van der Waals surface area contributed by atoms with E-state index in [0.717, 1.165) is 49.2 Å². The van der Waals surface area contributed by atoms with Gasteiger partial charge in [0, 0.05) is 61.5 Å². The molecule has 0 aliphatic carbocycles. The van der Waals surface area contributed by atoms with Crippen LogP contribution in [0.4, 0.5) is 0 Å². The van der Waals surface area contributed by atoms with Gasteiger partial charge in [-0.2, -0.15) is 5.26 Å². The van der Waals surface area contributed by atoms with Gasteiger partial charge < -0.3 is 14.4 Å². The van der Waals surface area contributed by atoms with E-state index >= 15 is 0 Å². The summed E-state index contributed by atoms with van der Waals surface area (Å²) in [6, 6.07) is 10.3. The number of carbonyl (C=O) groups excluding carboxylic acids is 1. The molecule has 1 aliphatic heterocycles. The van der Waals surface area contributed by atoms with Crippen molar-refractivity contribution in [3.05, 3.63) is 42.1 Å². The fraction of sp³-hybridized carbons (Fsp3) is 0.400. The molecule has 1 amide bonds. The molecule has 2 aromatic rings. The normalized spacial score (nSPS) is 15.8. The molecule has 5 nitrogen and oxygen atoms in total. The van der Waals surface area contributed by atoms with Gasteiger partial charge >= 0.3 is 0 Å². The number of aryl methyl sites for hydroxylation is 1. The van der Waals surface area contributed by atoms with Gasteiger partial charge in [0.05, 0.1) is 12.5 Å². The van der Waals surface area contributed by atoms with Gasteiger partial charge in [-0.1, -0.05) is 25.1 Å². The fourth-order valence-corrected chi connectivity index (χ4v) is 3.31. The predicted molar refractivity (Wildman–Crippen MR) is 99.9 cm³/mol. The minimum Gasteiger partial charge on any atom is -0.346 e. The van der Waals surface area contributed by atoms with Crippen LogP contribution in [0, 0.1) is 11.3 Å². The molecule has 0 N–H and O–H groups in total. The van der Waals surface area contributed by atoms with Crippen LogP contribution in [0.15, 0.2) is 36.5 Å². The molecule has 0 saturated carbocycles. The van der Waals surface area contributed by atoms with Crippen LogP contribution in [0.5, 0.6) is 0 Å². The molecule has 1 fully saturated rings. The zero-order chi connectivity index (χ0) is 17.6. The lowest BCUT2D eigenvalue weighted by Gasteiger charge is -2.33. The summed E-state index contributed by atoms with van der Waals surface area (Å²) in [7, 11) is 0. The molecule has 0 bridgehead atoms. The van der Waals surface area contributed by atoms with E-state index in [1.165, 1.54) is 0 Å². The molecule has 0 unspecified atom stereocenters. The SMILES string of the molecule is CCN1CCN(C(=O)C=Cc2cn(CCC#N)c3ccccc23)CC1. The number of hydrogen-bond donors (Lipinski definition) is 0. The Morgan fingerprint density at radius 3 is 2.72 bits per heavy atom. The van der Waals surface area contributed by atoms with Crippen molar-refractivity contribution < 1.29 is 4.79 Å². The fourth-order valence-electron chi connectivity index (χ4n) is 3.31. The second kappa shape index (κ2) is 8.00. The third-order valence-electron chi connectivity index (χ3n) is 4.82. The Morgan fingerprint density at radius 2 is 2.00 bits per heavy atom. The number of likely N-dealkylation sites (N-methyl/N-ethyl adjacent to an activating group) is 1. The number of nitrogens with zero attached hydrogens (tertiary/aromatic N) is 4. The van der Waals surface area contributed by atoms with Gasteiger partial charge in [0.1, 0.15) is 0 Å². The first kappa shape index (κ1) is 17.2. The number of piperazine rings is 1. The minimum atomic E-state index is 0.0737. The molecule has 130 valence electrons. The number of amides is 1. The first-order chi connectivity index (χ1) is 12.2. The number of fused-ring (bicyclic) bond motifs is 1. The molecule has 0 spiro atoms. The molecule has 3 rings (SSSR count). The second-order valence-electron chi connectivity index (χ2n) is 6.30. The quantitative estimate of drug-likeness (QED) is 0.789. The maximum Gasteiger partial charge on any atom is 0.246 e. The van der Waals surface area contributed by atoms with Crippen LogP contribution >= 0.6 is 0 Å². The molecule has 1 aliphatic rings. The van der Waals surface area contributed by atoms with Crippen LogP contribution in [0.2, 0.25) is 0 Å². The number of aromatic nitrogens is 1. The first-order valence-electron chi connectivity index (χ1n) is 8.87. The van der Waals surface area contributed by atoms with E-state index in [4.69, 9.17) is 5.26 Å². The third-order valence-corrected chi connectivity index (χ3v) is 4.82.